The summed E-state index contributed by atoms with van der Waals surface area (Å²) in [7, 11) is 0. The van der Waals surface area contributed by atoms with Gasteiger partial charge < -0.3 is 9.47 Å². The topological polar surface area (TPSA) is 35.5 Å². The Labute approximate surface area is 105 Å². The minimum atomic E-state index is -0.367. The minimum absolute atomic E-state index is 0.0488. The number of ether oxygens (including phenoxy) is 2. The Kier molecular flexibility index (Phi) is 3.04. The van der Waals surface area contributed by atoms with E-state index in [0.29, 0.717) is 36.9 Å². The van der Waals surface area contributed by atoms with Gasteiger partial charge in [-0.1, -0.05) is 0 Å². The van der Waals surface area contributed by atoms with Crippen molar-refractivity contribution in [1.29, 1.82) is 0 Å². The average molecular weight is 250 g/mol. The monoisotopic (exact) mass is 250 g/mol. The van der Waals surface area contributed by atoms with Crippen molar-refractivity contribution >= 4 is 5.78 Å². The van der Waals surface area contributed by atoms with E-state index >= 15 is 0 Å². The zero-order valence-electron chi connectivity index (χ0n) is 10.0. The smallest absolute Gasteiger partial charge is 0.170 e. The molecule has 0 saturated carbocycles. The lowest BCUT2D eigenvalue weighted by molar-refractivity contribution is 0.0119. The number of hydrogen-bond acceptors (Lipinski definition) is 3. The third kappa shape index (κ3) is 2.12. The second-order valence-corrected chi connectivity index (χ2v) is 4.87. The van der Waals surface area contributed by atoms with E-state index in [-0.39, 0.29) is 17.7 Å². The fourth-order valence-electron chi connectivity index (χ4n) is 2.67. The number of halogens is 1. The number of ketones is 1. The normalized spacial score (nSPS) is 24.5. The van der Waals surface area contributed by atoms with Crippen LogP contribution in [0.15, 0.2) is 18.2 Å². The lowest BCUT2D eigenvalue weighted by Crippen LogP contribution is -2.36. The minimum Gasteiger partial charge on any atom is -0.489 e. The summed E-state index contributed by atoms with van der Waals surface area (Å²) in [6, 6.07) is 4.11. The number of hydrogen-bond donors (Lipinski definition) is 0. The Morgan fingerprint density at radius 1 is 1.22 bits per heavy atom. The first-order valence-corrected chi connectivity index (χ1v) is 6.31. The van der Waals surface area contributed by atoms with E-state index < -0.39 is 0 Å². The molecule has 96 valence electrons. The Bertz CT molecular complexity index is 466. The molecule has 1 fully saturated rings. The molecule has 1 aromatic carbocycles. The van der Waals surface area contributed by atoms with E-state index in [2.05, 4.69) is 0 Å². The van der Waals surface area contributed by atoms with Crippen LogP contribution in [0.3, 0.4) is 0 Å². The second-order valence-electron chi connectivity index (χ2n) is 4.87. The van der Waals surface area contributed by atoms with Gasteiger partial charge in [0.2, 0.25) is 0 Å². The lowest BCUT2D eigenvalue weighted by atomic mass is 9.87. The van der Waals surface area contributed by atoms with Gasteiger partial charge in [-0.05, 0) is 25.0 Å². The van der Waals surface area contributed by atoms with Crippen LogP contribution < -0.4 is 4.74 Å². The molecular formula is C14H15FO3. The van der Waals surface area contributed by atoms with E-state index in [1.165, 1.54) is 18.2 Å². The molecular weight excluding hydrogens is 235 g/mol. The number of rotatable bonds is 1. The molecule has 18 heavy (non-hydrogen) atoms. The highest BCUT2D eigenvalue weighted by atomic mass is 19.1. The third-order valence-electron chi connectivity index (χ3n) is 3.70. The Balaban J connectivity index is 1.83. The maximum atomic E-state index is 13.2. The van der Waals surface area contributed by atoms with Crippen molar-refractivity contribution in [3.8, 4) is 5.75 Å². The summed E-state index contributed by atoms with van der Waals surface area (Å²) in [6.45, 7) is 1.43. The Morgan fingerprint density at radius 3 is 2.78 bits per heavy atom. The van der Waals surface area contributed by atoms with Crippen LogP contribution in [-0.4, -0.2) is 25.1 Å². The molecule has 3 rings (SSSR count). The molecule has 2 heterocycles. The summed E-state index contributed by atoms with van der Waals surface area (Å²) in [5.74, 6) is 0.406. The maximum Gasteiger partial charge on any atom is 0.170 e. The van der Waals surface area contributed by atoms with Crippen molar-refractivity contribution in [1.82, 2.24) is 0 Å². The highest BCUT2D eigenvalue weighted by Gasteiger charge is 2.33. The van der Waals surface area contributed by atoms with E-state index in [1.807, 2.05) is 0 Å². The summed E-state index contributed by atoms with van der Waals surface area (Å²) in [4.78, 5) is 12.0. The number of Topliss-reactive ketones (excluding diaryl/α,β-unsaturated/α-hetero) is 1. The van der Waals surface area contributed by atoms with Crippen LogP contribution in [0.5, 0.6) is 5.75 Å². The summed E-state index contributed by atoms with van der Waals surface area (Å²) >= 11 is 0. The molecule has 0 radical (unpaired) electrons. The van der Waals surface area contributed by atoms with Crippen molar-refractivity contribution in [2.24, 2.45) is 5.92 Å². The molecule has 3 nitrogen and oxygen atoms in total. The van der Waals surface area contributed by atoms with Gasteiger partial charge in [-0.15, -0.1) is 0 Å². The molecule has 0 N–H and O–H groups in total. The van der Waals surface area contributed by atoms with Crippen LogP contribution in [0.1, 0.15) is 29.6 Å². The molecule has 0 spiro atoms. The van der Waals surface area contributed by atoms with E-state index in [9.17, 15) is 9.18 Å². The molecule has 2 aliphatic rings. The highest BCUT2D eigenvalue weighted by Crippen LogP contribution is 2.33. The van der Waals surface area contributed by atoms with Gasteiger partial charge in [0.05, 0.1) is 5.56 Å². The zero-order chi connectivity index (χ0) is 12.5. The molecule has 2 aliphatic heterocycles. The van der Waals surface area contributed by atoms with E-state index in [0.717, 1.165) is 12.8 Å². The first-order valence-electron chi connectivity index (χ1n) is 6.31. The fraction of sp³-hybridized carbons (Fsp3) is 0.500. The standard InChI is InChI=1S/C14H15FO3/c15-10-1-2-11-12(16)8-13(18-14(11)7-10)9-3-5-17-6-4-9/h1-2,7,9,13H,3-6,8H2. The zero-order valence-corrected chi connectivity index (χ0v) is 10.0. The van der Waals surface area contributed by atoms with Crippen molar-refractivity contribution in [3.05, 3.63) is 29.6 Å². The molecule has 1 aromatic rings. The average Bonchev–Trinajstić information content (AvgIpc) is 2.39. The number of carbonyl (C=O) groups is 1. The largest absolute Gasteiger partial charge is 0.489 e. The van der Waals surface area contributed by atoms with Gasteiger partial charge >= 0.3 is 0 Å². The van der Waals surface area contributed by atoms with Gasteiger partial charge in [-0.3, -0.25) is 4.79 Å². The van der Waals surface area contributed by atoms with Crippen LogP contribution in [0.2, 0.25) is 0 Å². The predicted molar refractivity (Wildman–Crippen MR) is 63.3 cm³/mol. The van der Waals surface area contributed by atoms with Crippen LogP contribution in [0.4, 0.5) is 4.39 Å². The van der Waals surface area contributed by atoms with Gasteiger partial charge in [0.25, 0.3) is 0 Å². The van der Waals surface area contributed by atoms with Crippen molar-refractivity contribution in [2.45, 2.75) is 25.4 Å². The van der Waals surface area contributed by atoms with E-state index in [1.54, 1.807) is 0 Å². The Hall–Kier alpha value is -1.42. The van der Waals surface area contributed by atoms with Crippen molar-refractivity contribution in [2.75, 3.05) is 13.2 Å². The van der Waals surface area contributed by atoms with Gasteiger partial charge in [0.15, 0.2) is 5.78 Å². The van der Waals surface area contributed by atoms with Gasteiger partial charge in [-0.2, -0.15) is 0 Å². The van der Waals surface area contributed by atoms with Crippen LogP contribution >= 0.6 is 0 Å². The molecule has 1 atom stereocenters. The second kappa shape index (κ2) is 4.69. The number of carbonyl (C=O) groups excluding carboxylic acids is 1. The van der Waals surface area contributed by atoms with Gasteiger partial charge in [0.1, 0.15) is 17.7 Å². The molecule has 4 heteroatoms. The fourth-order valence-corrected chi connectivity index (χ4v) is 2.67. The summed E-state index contributed by atoms with van der Waals surface area (Å²) in [5, 5.41) is 0. The summed E-state index contributed by atoms with van der Waals surface area (Å²) in [6.07, 6.45) is 2.07. The predicted octanol–water partition coefficient (Wildman–Crippen LogP) is 2.59. The molecule has 0 bridgehead atoms. The summed E-state index contributed by atoms with van der Waals surface area (Å²) in [5.41, 5.74) is 0.500. The molecule has 1 unspecified atom stereocenters. The first-order chi connectivity index (χ1) is 8.74. The molecule has 0 aliphatic carbocycles. The van der Waals surface area contributed by atoms with Crippen molar-refractivity contribution in [3.63, 3.8) is 0 Å². The Morgan fingerprint density at radius 2 is 2.00 bits per heavy atom. The SMILES string of the molecule is O=C1CC(C2CCOCC2)Oc2cc(F)ccc21. The third-order valence-corrected chi connectivity index (χ3v) is 3.70. The van der Waals surface area contributed by atoms with Gasteiger partial charge in [0, 0.05) is 31.6 Å². The first kappa shape index (κ1) is 11.7. The van der Waals surface area contributed by atoms with Crippen LogP contribution in [0, 0.1) is 11.7 Å². The van der Waals surface area contributed by atoms with Crippen LogP contribution in [0.25, 0.3) is 0 Å². The van der Waals surface area contributed by atoms with Crippen LogP contribution in [-0.2, 0) is 4.74 Å². The molecule has 0 aromatic heterocycles. The van der Waals surface area contributed by atoms with Gasteiger partial charge in [-0.25, -0.2) is 4.39 Å². The number of benzene rings is 1. The maximum absolute atomic E-state index is 13.2. The molecule has 0 amide bonds. The highest BCUT2D eigenvalue weighted by molar-refractivity contribution is 5.99. The lowest BCUT2D eigenvalue weighted by Gasteiger charge is -2.33. The number of fused-ring (bicyclic) bond motifs is 1. The molecule has 1 saturated heterocycles. The van der Waals surface area contributed by atoms with E-state index in [4.69, 9.17) is 9.47 Å². The summed E-state index contributed by atoms with van der Waals surface area (Å²) < 4.78 is 24.3. The van der Waals surface area contributed by atoms with Crippen molar-refractivity contribution < 1.29 is 18.7 Å². The quantitative estimate of drug-likeness (QED) is 0.768.